The Morgan fingerprint density at radius 3 is 1.68 bits per heavy atom. The first-order chi connectivity index (χ1) is 17.8. The summed E-state index contributed by atoms with van der Waals surface area (Å²) in [6.07, 6.45) is 35.3. The molecule has 0 spiro atoms. The molecule has 0 aromatic rings. The maximum Gasteiger partial charge on any atom is 0.323 e. The Balaban J connectivity index is 3.67. The minimum Gasteiger partial charge on any atom is -0.459 e. The van der Waals surface area contributed by atoms with Gasteiger partial charge in [-0.1, -0.05) is 79.8 Å². The topological polar surface area (TPSA) is 81.4 Å². The Bertz CT molecular complexity index is 767. The summed E-state index contributed by atoms with van der Waals surface area (Å²) in [6, 6.07) is -0.608. The van der Waals surface area contributed by atoms with Gasteiger partial charge in [0.2, 0.25) is 5.91 Å². The van der Waals surface area contributed by atoms with Crippen LogP contribution in [0.2, 0.25) is 0 Å². The zero-order valence-corrected chi connectivity index (χ0v) is 23.8. The summed E-state index contributed by atoms with van der Waals surface area (Å²) in [6.45, 7) is 8.23. The van der Waals surface area contributed by atoms with E-state index in [9.17, 15) is 9.59 Å². The number of hydrogen-bond acceptors (Lipinski definition) is 4. The fraction of sp³-hybridized carbons (Fsp3) is 0.562. The molecule has 208 valence electrons. The van der Waals surface area contributed by atoms with Crippen molar-refractivity contribution in [3.8, 4) is 0 Å². The minimum absolute atomic E-state index is 0.0518. The average Bonchev–Trinajstić information content (AvgIpc) is 2.84. The third-order valence-corrected chi connectivity index (χ3v) is 5.11. The van der Waals surface area contributed by atoms with Crippen LogP contribution in [0.15, 0.2) is 72.9 Å². The van der Waals surface area contributed by atoms with Crippen LogP contribution in [0.1, 0.15) is 98.3 Å². The summed E-state index contributed by atoms with van der Waals surface area (Å²) in [4.78, 5) is 23.8. The van der Waals surface area contributed by atoms with Gasteiger partial charge in [-0.3, -0.25) is 9.59 Å². The first kappa shape index (κ1) is 34.3. The molecule has 0 aliphatic heterocycles. The maximum absolute atomic E-state index is 11.9. The molecule has 5 heteroatoms. The van der Waals surface area contributed by atoms with E-state index in [1.54, 1.807) is 0 Å². The van der Waals surface area contributed by atoms with Crippen LogP contribution in [-0.4, -0.2) is 30.1 Å². The van der Waals surface area contributed by atoms with Crippen LogP contribution in [0.3, 0.4) is 0 Å². The number of ether oxygens (including phenoxy) is 1. The van der Waals surface area contributed by atoms with Crippen LogP contribution in [0.5, 0.6) is 0 Å². The van der Waals surface area contributed by atoms with Crippen molar-refractivity contribution in [2.45, 2.75) is 110 Å². The van der Waals surface area contributed by atoms with E-state index in [1.807, 2.05) is 20.8 Å². The molecular formula is C32H52N2O3. The summed E-state index contributed by atoms with van der Waals surface area (Å²) in [5.74, 6) is -0.316. The van der Waals surface area contributed by atoms with E-state index in [-0.39, 0.29) is 11.9 Å². The van der Waals surface area contributed by atoms with Crippen LogP contribution in [0, 0.1) is 0 Å². The van der Waals surface area contributed by atoms with E-state index < -0.39 is 11.6 Å². The van der Waals surface area contributed by atoms with E-state index in [0.29, 0.717) is 19.4 Å². The van der Waals surface area contributed by atoms with Crippen molar-refractivity contribution < 1.29 is 14.3 Å². The van der Waals surface area contributed by atoms with Gasteiger partial charge in [-0.05, 0) is 85.0 Å². The summed E-state index contributed by atoms with van der Waals surface area (Å²) in [5.41, 5.74) is 5.35. The molecule has 37 heavy (non-hydrogen) atoms. The Kier molecular flexibility index (Phi) is 22.0. The van der Waals surface area contributed by atoms with Crippen molar-refractivity contribution in [1.29, 1.82) is 0 Å². The Morgan fingerprint density at radius 2 is 1.22 bits per heavy atom. The number of amides is 1. The zero-order chi connectivity index (χ0) is 27.6. The molecule has 1 amide bonds. The largest absolute Gasteiger partial charge is 0.459 e. The lowest BCUT2D eigenvalue weighted by molar-refractivity contribution is -0.156. The smallest absolute Gasteiger partial charge is 0.323 e. The van der Waals surface area contributed by atoms with Crippen LogP contribution >= 0.6 is 0 Å². The van der Waals surface area contributed by atoms with Gasteiger partial charge in [-0.25, -0.2) is 0 Å². The number of unbranched alkanes of at least 4 members (excludes halogenated alkanes) is 1. The predicted octanol–water partition coefficient (Wildman–Crippen LogP) is 7.42. The van der Waals surface area contributed by atoms with Gasteiger partial charge >= 0.3 is 5.97 Å². The van der Waals surface area contributed by atoms with E-state index in [0.717, 1.165) is 57.8 Å². The van der Waals surface area contributed by atoms with Gasteiger partial charge in [-0.2, -0.15) is 0 Å². The second-order valence-corrected chi connectivity index (χ2v) is 9.94. The number of nitrogens with one attached hydrogen (secondary N) is 1. The SMILES string of the molecule is CC/C=C\C/C=C\C/C=C\C/C=C\C/C=C\C/C=C\CCC(=O)NCCCCC(N)C(=O)OC(C)(C)C. The quantitative estimate of drug-likeness (QED) is 0.101. The second-order valence-electron chi connectivity index (χ2n) is 9.94. The molecule has 1 unspecified atom stereocenters. The Morgan fingerprint density at radius 1 is 0.757 bits per heavy atom. The van der Waals surface area contributed by atoms with E-state index in [4.69, 9.17) is 10.5 Å². The molecule has 0 radical (unpaired) electrons. The fourth-order valence-electron chi connectivity index (χ4n) is 3.15. The number of esters is 1. The summed E-state index contributed by atoms with van der Waals surface area (Å²) in [5, 5.41) is 2.92. The third-order valence-electron chi connectivity index (χ3n) is 5.11. The number of rotatable bonds is 20. The number of nitrogens with two attached hydrogens (primary N) is 1. The summed E-state index contributed by atoms with van der Waals surface area (Å²) < 4.78 is 5.27. The molecule has 0 aliphatic rings. The van der Waals surface area contributed by atoms with Gasteiger partial charge in [0.25, 0.3) is 0 Å². The van der Waals surface area contributed by atoms with Crippen molar-refractivity contribution in [2.24, 2.45) is 5.73 Å². The highest BCUT2D eigenvalue weighted by atomic mass is 16.6. The molecule has 0 aromatic carbocycles. The molecule has 3 N–H and O–H groups in total. The average molecular weight is 513 g/mol. The molecule has 0 saturated heterocycles. The number of hydrogen-bond donors (Lipinski definition) is 2. The van der Waals surface area contributed by atoms with Crippen LogP contribution in [-0.2, 0) is 14.3 Å². The minimum atomic E-state index is -0.608. The predicted molar refractivity (Wildman–Crippen MR) is 158 cm³/mol. The maximum atomic E-state index is 11.9. The number of carbonyl (C=O) groups is 2. The molecule has 1 atom stereocenters. The first-order valence-corrected chi connectivity index (χ1v) is 13.9. The van der Waals surface area contributed by atoms with Crippen molar-refractivity contribution >= 4 is 11.9 Å². The van der Waals surface area contributed by atoms with Crippen molar-refractivity contribution in [3.63, 3.8) is 0 Å². The van der Waals surface area contributed by atoms with Gasteiger partial charge in [-0.15, -0.1) is 0 Å². The standard InChI is InChI=1S/C32H52N2O3/c1-5-6-7-8-9-10-11-12-13-14-15-16-17-18-19-20-21-22-23-27-30(35)34-28-25-24-26-29(33)31(36)37-32(2,3)4/h6-7,9-10,12-13,15-16,18-19,21-22,29H,5,8,11,14,17,20,23-28,33H2,1-4H3,(H,34,35)/b7-6-,10-9-,13-12-,16-15-,19-18-,22-21-. The highest BCUT2D eigenvalue weighted by Crippen LogP contribution is 2.10. The summed E-state index contributed by atoms with van der Waals surface area (Å²) in [7, 11) is 0. The highest BCUT2D eigenvalue weighted by molar-refractivity contribution is 5.76. The molecule has 0 heterocycles. The zero-order valence-electron chi connectivity index (χ0n) is 23.8. The van der Waals surface area contributed by atoms with Crippen LogP contribution in [0.4, 0.5) is 0 Å². The monoisotopic (exact) mass is 512 g/mol. The molecule has 0 saturated carbocycles. The van der Waals surface area contributed by atoms with Gasteiger partial charge in [0.1, 0.15) is 11.6 Å². The van der Waals surface area contributed by atoms with E-state index in [1.165, 1.54) is 0 Å². The van der Waals surface area contributed by atoms with Crippen molar-refractivity contribution in [2.75, 3.05) is 6.54 Å². The lowest BCUT2D eigenvalue weighted by Gasteiger charge is -2.22. The number of carbonyl (C=O) groups excluding carboxylic acids is 2. The van der Waals surface area contributed by atoms with Crippen molar-refractivity contribution in [3.05, 3.63) is 72.9 Å². The van der Waals surface area contributed by atoms with Gasteiger partial charge in [0.05, 0.1) is 0 Å². The van der Waals surface area contributed by atoms with Gasteiger partial charge < -0.3 is 15.8 Å². The lowest BCUT2D eigenvalue weighted by Crippen LogP contribution is -2.37. The second kappa shape index (κ2) is 23.7. The van der Waals surface area contributed by atoms with E-state index in [2.05, 4.69) is 85.2 Å². The molecule has 0 aromatic heterocycles. The van der Waals surface area contributed by atoms with Crippen LogP contribution < -0.4 is 11.1 Å². The molecule has 0 aliphatic carbocycles. The van der Waals surface area contributed by atoms with Gasteiger partial charge in [0.15, 0.2) is 0 Å². The van der Waals surface area contributed by atoms with Crippen LogP contribution in [0.25, 0.3) is 0 Å². The van der Waals surface area contributed by atoms with E-state index >= 15 is 0 Å². The molecule has 0 rings (SSSR count). The third kappa shape index (κ3) is 26.2. The fourth-order valence-corrected chi connectivity index (χ4v) is 3.15. The molecule has 5 nitrogen and oxygen atoms in total. The molecule has 0 fully saturated rings. The first-order valence-electron chi connectivity index (χ1n) is 13.9. The van der Waals surface area contributed by atoms with Gasteiger partial charge in [0, 0.05) is 13.0 Å². The Labute approximate surface area is 226 Å². The molecular weight excluding hydrogens is 460 g/mol. The molecule has 0 bridgehead atoms. The highest BCUT2D eigenvalue weighted by Gasteiger charge is 2.21. The Hall–Kier alpha value is -2.66. The number of allylic oxidation sites excluding steroid dienone is 12. The normalized spacial score (nSPS) is 13.8. The summed E-state index contributed by atoms with van der Waals surface area (Å²) >= 11 is 0. The van der Waals surface area contributed by atoms with Crippen molar-refractivity contribution in [1.82, 2.24) is 5.32 Å². The lowest BCUT2D eigenvalue weighted by atomic mass is 10.1.